The molecule has 0 saturated heterocycles. The molecule has 0 saturated carbocycles. The van der Waals surface area contributed by atoms with Crippen LogP contribution in [0.5, 0.6) is 0 Å². The number of hydrogen-bond acceptors (Lipinski definition) is 3. The first kappa shape index (κ1) is 15.5. The van der Waals surface area contributed by atoms with Gasteiger partial charge in [0.15, 0.2) is 0 Å². The summed E-state index contributed by atoms with van der Waals surface area (Å²) in [5.41, 5.74) is 7.24. The molecule has 0 radical (unpaired) electrons. The van der Waals surface area contributed by atoms with E-state index in [1.54, 1.807) is 0 Å². The van der Waals surface area contributed by atoms with Crippen LogP contribution in [0.25, 0.3) is 11.3 Å². The summed E-state index contributed by atoms with van der Waals surface area (Å²) >= 11 is 0. The van der Waals surface area contributed by atoms with Crippen LogP contribution in [0.15, 0.2) is 35.1 Å². The number of aryl methyl sites for hydroxylation is 2. The van der Waals surface area contributed by atoms with E-state index in [0.717, 1.165) is 21.3 Å². The van der Waals surface area contributed by atoms with E-state index in [4.69, 9.17) is 10.8 Å². The summed E-state index contributed by atoms with van der Waals surface area (Å²) in [4.78, 5) is 34.6. The number of rotatable bonds is 4. The third-order valence-corrected chi connectivity index (χ3v) is 3.38. The highest BCUT2D eigenvalue weighted by Crippen LogP contribution is 2.23. The van der Waals surface area contributed by atoms with Gasteiger partial charge in [-0.1, -0.05) is 23.8 Å². The van der Waals surface area contributed by atoms with Crippen molar-refractivity contribution in [1.29, 1.82) is 0 Å². The number of nitrogens with zero attached hydrogens (tertiary/aromatic N) is 1. The number of nitrogens with two attached hydrogens (primary N) is 1. The molecule has 0 atom stereocenters. The molecular formula is C16H16N2O4. The van der Waals surface area contributed by atoms with Gasteiger partial charge in [0, 0.05) is 5.56 Å². The topological polar surface area (TPSA) is 102 Å². The minimum Gasteiger partial charge on any atom is -0.477 e. The van der Waals surface area contributed by atoms with E-state index in [9.17, 15) is 14.4 Å². The molecule has 0 bridgehead atoms. The van der Waals surface area contributed by atoms with Gasteiger partial charge in [-0.2, -0.15) is 0 Å². The number of hydrogen-bond donors (Lipinski definition) is 2. The predicted molar refractivity (Wildman–Crippen MR) is 81.8 cm³/mol. The van der Waals surface area contributed by atoms with Gasteiger partial charge < -0.3 is 10.8 Å². The van der Waals surface area contributed by atoms with Crippen LogP contribution in [-0.4, -0.2) is 21.6 Å². The van der Waals surface area contributed by atoms with E-state index in [1.807, 2.05) is 32.0 Å². The van der Waals surface area contributed by atoms with Gasteiger partial charge >= 0.3 is 5.97 Å². The van der Waals surface area contributed by atoms with Crippen LogP contribution in [0.1, 0.15) is 21.5 Å². The lowest BCUT2D eigenvalue weighted by molar-refractivity contribution is -0.118. The Morgan fingerprint density at radius 3 is 2.41 bits per heavy atom. The number of carboxylic acid groups (broad SMARTS) is 1. The van der Waals surface area contributed by atoms with Crippen molar-refractivity contribution in [2.45, 2.75) is 20.4 Å². The molecule has 2 rings (SSSR count). The Bertz CT molecular complexity index is 821. The maximum absolute atomic E-state index is 12.3. The lowest BCUT2D eigenvalue weighted by atomic mass is 10.0. The summed E-state index contributed by atoms with van der Waals surface area (Å²) in [5.74, 6) is -2.05. The Hall–Kier alpha value is -2.89. The predicted octanol–water partition coefficient (Wildman–Crippen LogP) is 1.32. The fourth-order valence-corrected chi connectivity index (χ4v) is 2.39. The van der Waals surface area contributed by atoms with E-state index in [0.29, 0.717) is 5.69 Å². The number of carbonyl (C=O) groups is 2. The van der Waals surface area contributed by atoms with E-state index in [2.05, 4.69) is 0 Å². The highest BCUT2D eigenvalue weighted by molar-refractivity contribution is 5.88. The molecule has 0 fully saturated rings. The van der Waals surface area contributed by atoms with Crippen molar-refractivity contribution in [2.24, 2.45) is 5.73 Å². The van der Waals surface area contributed by atoms with Crippen LogP contribution >= 0.6 is 0 Å². The molecule has 1 amide bonds. The zero-order valence-corrected chi connectivity index (χ0v) is 12.3. The van der Waals surface area contributed by atoms with Gasteiger partial charge in [0.25, 0.3) is 5.56 Å². The number of aromatic carboxylic acids is 1. The van der Waals surface area contributed by atoms with Crippen molar-refractivity contribution in [3.05, 3.63) is 57.4 Å². The molecule has 22 heavy (non-hydrogen) atoms. The Morgan fingerprint density at radius 2 is 1.86 bits per heavy atom. The second kappa shape index (κ2) is 5.85. The van der Waals surface area contributed by atoms with Crippen molar-refractivity contribution in [3.8, 4) is 11.3 Å². The average Bonchev–Trinajstić information content (AvgIpc) is 2.40. The normalized spacial score (nSPS) is 10.5. The Labute approximate surface area is 126 Å². The fourth-order valence-electron chi connectivity index (χ4n) is 2.39. The molecule has 6 nitrogen and oxygen atoms in total. The Kier molecular flexibility index (Phi) is 4.12. The summed E-state index contributed by atoms with van der Waals surface area (Å²) in [6.07, 6.45) is 0. The molecule has 1 heterocycles. The molecule has 0 aliphatic rings. The SMILES string of the molecule is Cc1ccc(-c2ccc(C(=O)O)c(=O)n2CC(N)=O)c(C)c1. The number of carbonyl (C=O) groups excluding carboxylic acids is 1. The van der Waals surface area contributed by atoms with E-state index >= 15 is 0 Å². The van der Waals surface area contributed by atoms with Crippen LogP contribution in [0.4, 0.5) is 0 Å². The van der Waals surface area contributed by atoms with E-state index in [-0.39, 0.29) is 6.54 Å². The lowest BCUT2D eigenvalue weighted by Gasteiger charge is -2.14. The third-order valence-electron chi connectivity index (χ3n) is 3.38. The standard InChI is InChI=1S/C16H16N2O4/c1-9-3-4-11(10(2)7-9)13-6-5-12(16(21)22)15(20)18(13)8-14(17)19/h3-7H,8H2,1-2H3,(H2,17,19)(H,21,22). The monoisotopic (exact) mass is 300 g/mol. The quantitative estimate of drug-likeness (QED) is 0.888. The Morgan fingerprint density at radius 1 is 1.18 bits per heavy atom. The molecule has 3 N–H and O–H groups in total. The minimum atomic E-state index is -1.34. The van der Waals surface area contributed by atoms with Gasteiger partial charge in [-0.05, 0) is 31.5 Å². The van der Waals surface area contributed by atoms with E-state index < -0.39 is 23.0 Å². The van der Waals surface area contributed by atoms with E-state index in [1.165, 1.54) is 12.1 Å². The van der Waals surface area contributed by atoms with Crippen molar-refractivity contribution < 1.29 is 14.7 Å². The fraction of sp³-hybridized carbons (Fsp3) is 0.188. The molecule has 114 valence electrons. The molecule has 6 heteroatoms. The lowest BCUT2D eigenvalue weighted by Crippen LogP contribution is -2.32. The molecule has 0 aliphatic heterocycles. The summed E-state index contributed by atoms with van der Waals surface area (Å²) in [7, 11) is 0. The molecule has 2 aromatic rings. The van der Waals surface area contributed by atoms with Gasteiger partial charge in [0.2, 0.25) is 5.91 Å². The van der Waals surface area contributed by atoms with Gasteiger partial charge in [-0.3, -0.25) is 14.2 Å². The summed E-state index contributed by atoms with van der Waals surface area (Å²) in [6.45, 7) is 3.45. The number of carboxylic acids is 1. The van der Waals surface area contributed by atoms with Crippen LogP contribution in [-0.2, 0) is 11.3 Å². The third kappa shape index (κ3) is 2.90. The first-order valence-corrected chi connectivity index (χ1v) is 6.64. The highest BCUT2D eigenvalue weighted by atomic mass is 16.4. The summed E-state index contributed by atoms with van der Waals surface area (Å²) in [6, 6.07) is 8.42. The van der Waals surface area contributed by atoms with Crippen LogP contribution in [0, 0.1) is 13.8 Å². The number of benzene rings is 1. The second-order valence-corrected chi connectivity index (χ2v) is 5.11. The zero-order valence-electron chi connectivity index (χ0n) is 12.3. The first-order valence-electron chi connectivity index (χ1n) is 6.64. The average molecular weight is 300 g/mol. The maximum Gasteiger partial charge on any atom is 0.341 e. The summed E-state index contributed by atoms with van der Waals surface area (Å²) in [5, 5.41) is 9.05. The first-order chi connectivity index (χ1) is 10.3. The number of aromatic nitrogens is 1. The maximum atomic E-state index is 12.3. The smallest absolute Gasteiger partial charge is 0.341 e. The van der Waals surface area contributed by atoms with Gasteiger partial charge in [-0.25, -0.2) is 4.79 Å². The molecule has 0 aliphatic carbocycles. The highest BCUT2D eigenvalue weighted by Gasteiger charge is 2.17. The van der Waals surface area contributed by atoms with Crippen LogP contribution < -0.4 is 11.3 Å². The molecule has 0 unspecified atom stereocenters. The van der Waals surface area contributed by atoms with Gasteiger partial charge in [0.1, 0.15) is 12.1 Å². The van der Waals surface area contributed by atoms with Gasteiger partial charge in [0.05, 0.1) is 5.69 Å². The number of pyridine rings is 1. The Balaban J connectivity index is 2.75. The van der Waals surface area contributed by atoms with Crippen LogP contribution in [0.3, 0.4) is 0 Å². The van der Waals surface area contributed by atoms with Crippen molar-refractivity contribution in [2.75, 3.05) is 0 Å². The van der Waals surface area contributed by atoms with Crippen LogP contribution in [0.2, 0.25) is 0 Å². The molecule has 1 aromatic carbocycles. The molecule has 1 aromatic heterocycles. The zero-order chi connectivity index (χ0) is 16.4. The second-order valence-electron chi connectivity index (χ2n) is 5.11. The number of amides is 1. The van der Waals surface area contributed by atoms with Crippen molar-refractivity contribution in [3.63, 3.8) is 0 Å². The largest absolute Gasteiger partial charge is 0.477 e. The van der Waals surface area contributed by atoms with Crippen molar-refractivity contribution >= 4 is 11.9 Å². The van der Waals surface area contributed by atoms with Crippen molar-refractivity contribution in [1.82, 2.24) is 4.57 Å². The molecule has 0 spiro atoms. The number of primary amides is 1. The van der Waals surface area contributed by atoms with Gasteiger partial charge in [-0.15, -0.1) is 0 Å². The summed E-state index contributed by atoms with van der Waals surface area (Å²) < 4.78 is 1.10. The molecular weight excluding hydrogens is 284 g/mol. The minimum absolute atomic E-state index is 0.372.